The van der Waals surface area contributed by atoms with Crippen molar-refractivity contribution in [2.24, 2.45) is 0 Å². The van der Waals surface area contributed by atoms with Gasteiger partial charge in [-0.2, -0.15) is 5.11 Å². The van der Waals surface area contributed by atoms with E-state index in [-0.39, 0.29) is 5.78 Å². The van der Waals surface area contributed by atoms with Gasteiger partial charge in [-0.05, 0) is 6.42 Å². The lowest BCUT2D eigenvalue weighted by molar-refractivity contribution is -0.179. The van der Waals surface area contributed by atoms with E-state index in [4.69, 9.17) is 0 Å². The summed E-state index contributed by atoms with van der Waals surface area (Å²) >= 11 is 0. The van der Waals surface area contributed by atoms with E-state index in [0.29, 0.717) is 19.4 Å². The third-order valence-corrected chi connectivity index (χ3v) is 1.10. The first-order chi connectivity index (χ1) is 3.80. The molecule has 1 aliphatic heterocycles. The highest BCUT2D eigenvalue weighted by molar-refractivity contribution is 5.81. The molecule has 45 valence electrons. The first kappa shape index (κ1) is 5.72. The summed E-state index contributed by atoms with van der Waals surface area (Å²) in [5.74, 6) is -0.309. The van der Waals surface area contributed by atoms with Crippen LogP contribution in [0.2, 0.25) is 0 Å². The number of hydrogen-bond acceptors (Lipinski definition) is 2. The van der Waals surface area contributed by atoms with Gasteiger partial charge in [-0.15, -0.1) is 0 Å². The lowest BCUT2D eigenvalue weighted by atomic mass is 10.2. The Labute approximate surface area is 47.3 Å². The fourth-order valence-corrected chi connectivity index (χ4v) is 0.648. The molecule has 1 rings (SSSR count). The number of rotatable bonds is 0. The van der Waals surface area contributed by atoms with Crippen LogP contribution in [0.3, 0.4) is 0 Å². The van der Waals surface area contributed by atoms with Gasteiger partial charge in [0.25, 0.3) is 6.29 Å². The van der Waals surface area contributed by atoms with E-state index in [1.165, 1.54) is 0 Å². The second-order valence-electron chi connectivity index (χ2n) is 1.77. The maximum absolute atomic E-state index is 10.4. The molecule has 0 aromatic heterocycles. The van der Waals surface area contributed by atoms with E-state index < -0.39 is 6.29 Å². The highest BCUT2D eigenvalue weighted by Gasteiger charge is 2.20. The zero-order chi connectivity index (χ0) is 5.98. The van der Waals surface area contributed by atoms with Crippen LogP contribution in [0.5, 0.6) is 0 Å². The van der Waals surface area contributed by atoms with E-state index in [1.807, 2.05) is 0 Å². The molecular weight excluding hydrogens is 108 g/mol. The molecule has 1 unspecified atom stereocenters. The fourth-order valence-electron chi connectivity index (χ4n) is 0.648. The van der Waals surface area contributed by atoms with Gasteiger partial charge in [-0.1, -0.05) is 0 Å². The summed E-state index contributed by atoms with van der Waals surface area (Å²) in [6, 6.07) is 0. The molecule has 1 saturated heterocycles. The molecule has 0 saturated carbocycles. The molecule has 0 aromatic carbocycles. The van der Waals surface area contributed by atoms with E-state index in [9.17, 15) is 9.90 Å². The molecule has 3 heteroatoms. The van der Waals surface area contributed by atoms with Crippen molar-refractivity contribution in [2.45, 2.75) is 19.1 Å². The van der Waals surface area contributed by atoms with Crippen LogP contribution in [-0.4, -0.2) is 18.7 Å². The molecule has 1 radical (unpaired) electrons. The number of carbonyl (C=O) groups excluding carboxylic acids is 1. The number of ketones is 1. The second kappa shape index (κ2) is 2.24. The smallest absolute Gasteiger partial charge is 0.250 e. The Balaban J connectivity index is 2.39. The van der Waals surface area contributed by atoms with Gasteiger partial charge >= 0.3 is 0 Å². The minimum atomic E-state index is -1.39. The lowest BCUT2D eigenvalue weighted by Crippen LogP contribution is -2.27. The summed E-state index contributed by atoms with van der Waals surface area (Å²) in [6.45, 7) is 0.444. The van der Waals surface area contributed by atoms with Gasteiger partial charge in [0.2, 0.25) is 0 Å². The van der Waals surface area contributed by atoms with Gasteiger partial charge in [-0.25, -0.2) is 0 Å². The third kappa shape index (κ3) is 1.05. The lowest BCUT2D eigenvalue weighted by Gasteiger charge is -2.13. The van der Waals surface area contributed by atoms with Crippen LogP contribution in [-0.2, 0) is 14.6 Å². The minimum Gasteiger partial charge on any atom is -0.344 e. The molecule has 0 amide bonds. The number of Topliss-reactive ketones (excluding diaryl/α,β-unsaturated/α-hetero) is 1. The van der Waals surface area contributed by atoms with Crippen LogP contribution in [0.15, 0.2) is 0 Å². The Morgan fingerprint density at radius 2 is 2.38 bits per heavy atom. The first-order valence-corrected chi connectivity index (χ1v) is 2.61. The van der Waals surface area contributed by atoms with Crippen molar-refractivity contribution in [2.75, 3.05) is 6.61 Å². The average molecular weight is 115 g/mol. The number of hydrogen-bond donors (Lipinski definition) is 0. The molecule has 0 bridgehead atoms. The van der Waals surface area contributed by atoms with Crippen molar-refractivity contribution in [1.29, 1.82) is 0 Å². The Morgan fingerprint density at radius 3 is 2.75 bits per heavy atom. The van der Waals surface area contributed by atoms with Gasteiger partial charge in [-0.3, -0.25) is 4.79 Å². The summed E-state index contributed by atoms with van der Waals surface area (Å²) in [6.07, 6.45) is -0.283. The number of ether oxygens (including phenoxy) is 1. The van der Waals surface area contributed by atoms with Crippen molar-refractivity contribution < 1.29 is 14.6 Å². The van der Waals surface area contributed by atoms with Crippen LogP contribution in [0.4, 0.5) is 0 Å². The quantitative estimate of drug-likeness (QED) is 0.450. The first-order valence-electron chi connectivity index (χ1n) is 2.61. The highest BCUT2D eigenvalue weighted by atomic mass is 16.6. The predicted octanol–water partition coefficient (Wildman–Crippen LogP) is 0.123. The third-order valence-electron chi connectivity index (χ3n) is 1.10. The summed E-state index contributed by atoms with van der Waals surface area (Å²) in [7, 11) is 0. The molecule has 1 aliphatic rings. The van der Waals surface area contributed by atoms with Gasteiger partial charge < -0.3 is 4.74 Å². The van der Waals surface area contributed by atoms with Crippen molar-refractivity contribution in [3.05, 3.63) is 0 Å². The molecule has 0 aromatic rings. The minimum absolute atomic E-state index is 0.309. The summed E-state index contributed by atoms with van der Waals surface area (Å²) in [4.78, 5) is 10.4. The maximum atomic E-state index is 10.4. The molecule has 1 heterocycles. The van der Waals surface area contributed by atoms with E-state index >= 15 is 0 Å². The Morgan fingerprint density at radius 1 is 1.62 bits per heavy atom. The molecular formula is C5H7O3. The van der Waals surface area contributed by atoms with Gasteiger partial charge in [0.1, 0.15) is 0 Å². The van der Waals surface area contributed by atoms with Crippen molar-refractivity contribution in [3.63, 3.8) is 0 Å². The van der Waals surface area contributed by atoms with Crippen molar-refractivity contribution in [1.82, 2.24) is 0 Å². The monoisotopic (exact) mass is 115 g/mol. The number of carbonyl (C=O) groups is 1. The maximum Gasteiger partial charge on any atom is 0.250 e. The average Bonchev–Trinajstić information content (AvgIpc) is 1.77. The van der Waals surface area contributed by atoms with Crippen LogP contribution in [0, 0.1) is 0 Å². The van der Waals surface area contributed by atoms with Crippen LogP contribution in [0.25, 0.3) is 0 Å². The van der Waals surface area contributed by atoms with Crippen LogP contribution < -0.4 is 0 Å². The van der Waals surface area contributed by atoms with Gasteiger partial charge in [0, 0.05) is 6.42 Å². The largest absolute Gasteiger partial charge is 0.344 e. The SMILES string of the molecule is [O]C1OCCCC1=O. The fraction of sp³-hybridized carbons (Fsp3) is 0.800. The Hall–Kier alpha value is -0.410. The zero-order valence-corrected chi connectivity index (χ0v) is 4.42. The summed E-state index contributed by atoms with van der Waals surface area (Å²) in [5.41, 5.74) is 0. The predicted molar refractivity (Wildman–Crippen MR) is 24.7 cm³/mol. The van der Waals surface area contributed by atoms with Crippen LogP contribution in [0.1, 0.15) is 12.8 Å². The van der Waals surface area contributed by atoms with Crippen molar-refractivity contribution in [3.8, 4) is 0 Å². The van der Waals surface area contributed by atoms with Crippen molar-refractivity contribution >= 4 is 5.78 Å². The van der Waals surface area contributed by atoms with Gasteiger partial charge in [0.15, 0.2) is 5.78 Å². The molecule has 0 spiro atoms. The molecule has 0 aliphatic carbocycles. The summed E-state index contributed by atoms with van der Waals surface area (Å²) < 4.78 is 4.48. The Kier molecular flexibility index (Phi) is 1.60. The highest BCUT2D eigenvalue weighted by Crippen LogP contribution is 2.05. The van der Waals surface area contributed by atoms with Crippen LogP contribution >= 0.6 is 0 Å². The normalized spacial score (nSPS) is 30.6. The molecule has 3 nitrogen and oxygen atoms in total. The molecule has 1 fully saturated rings. The second-order valence-corrected chi connectivity index (χ2v) is 1.77. The van der Waals surface area contributed by atoms with E-state index in [2.05, 4.69) is 4.74 Å². The molecule has 0 N–H and O–H groups in total. The van der Waals surface area contributed by atoms with E-state index in [1.54, 1.807) is 0 Å². The van der Waals surface area contributed by atoms with Gasteiger partial charge in [0.05, 0.1) is 6.61 Å². The van der Waals surface area contributed by atoms with E-state index in [0.717, 1.165) is 0 Å². The molecule has 8 heavy (non-hydrogen) atoms. The topological polar surface area (TPSA) is 46.2 Å². The Bertz CT molecular complexity index is 99.8. The summed E-state index contributed by atoms with van der Waals surface area (Å²) in [5, 5.41) is 10.3. The molecule has 1 atom stereocenters. The standard InChI is InChI=1S/C5H7O3/c6-4-2-1-3-8-5(4)7/h5H,1-3H2. The zero-order valence-electron chi connectivity index (χ0n) is 4.42.